The maximum absolute atomic E-state index is 15.3. The molecule has 3 aromatic carbocycles. The van der Waals surface area contributed by atoms with Crippen molar-refractivity contribution in [2.75, 3.05) is 66.9 Å². The van der Waals surface area contributed by atoms with Gasteiger partial charge in [0, 0.05) is 77.2 Å². The predicted octanol–water partition coefficient (Wildman–Crippen LogP) is 7.52. The zero-order valence-corrected chi connectivity index (χ0v) is 54.4. The number of methoxy groups -OCH3 is 2. The smallest absolute Gasteiger partial charge is 0.330 e. The molecule has 2 bridgehead atoms. The second-order valence-electron chi connectivity index (χ2n) is 25.5. The van der Waals surface area contributed by atoms with Crippen LogP contribution in [0, 0.1) is 16.7 Å². The zero-order chi connectivity index (χ0) is 66.2. The van der Waals surface area contributed by atoms with E-state index in [2.05, 4.69) is 10.6 Å². The molecule has 4 aliphatic rings. The Labute approximate surface area is 534 Å². The number of hydrogen-bond donors (Lipinski definition) is 2. The van der Waals surface area contributed by atoms with Gasteiger partial charge in [-0.25, -0.2) is 9.59 Å². The van der Waals surface area contributed by atoms with E-state index in [1.54, 1.807) is 50.5 Å². The van der Waals surface area contributed by atoms with Crippen molar-refractivity contribution in [1.82, 2.24) is 29.8 Å². The molecule has 21 nitrogen and oxygen atoms in total. The average Bonchev–Trinajstić information content (AvgIpc) is 1.83. The number of ether oxygens (including phenoxy) is 4. The number of fused-ring (bicyclic) bond motifs is 4. The van der Waals surface area contributed by atoms with E-state index < -0.39 is 107 Å². The van der Waals surface area contributed by atoms with Crippen molar-refractivity contribution in [3.05, 3.63) is 126 Å². The number of esters is 2. The summed E-state index contributed by atoms with van der Waals surface area (Å²) in [5, 5.41) is 5.83. The summed E-state index contributed by atoms with van der Waals surface area (Å²) >= 11 is 0. The summed E-state index contributed by atoms with van der Waals surface area (Å²) in [6.07, 6.45) is 12.2. The number of aryl methyl sites for hydroxylation is 1. The molecule has 3 aromatic rings. The number of rotatable bonds is 10. The van der Waals surface area contributed by atoms with E-state index in [-0.39, 0.29) is 70.0 Å². The summed E-state index contributed by atoms with van der Waals surface area (Å²) in [5.74, 6) is -5.27. The number of benzene rings is 3. The lowest BCUT2D eigenvalue weighted by atomic mass is 9.76. The Kier molecular flexibility index (Phi) is 24.5. The molecule has 3 aliphatic heterocycles. The lowest BCUT2D eigenvalue weighted by molar-refractivity contribution is -0.165. The number of anilines is 1. The summed E-state index contributed by atoms with van der Waals surface area (Å²) in [5.41, 5.74) is -0.0711. The van der Waals surface area contributed by atoms with E-state index >= 15 is 9.59 Å². The number of cyclic esters (lactones) is 2. The largest absolute Gasteiger partial charge is 0.493 e. The molecule has 2 fully saturated rings. The first-order valence-corrected chi connectivity index (χ1v) is 31.6. The Morgan fingerprint density at radius 2 is 1.37 bits per heavy atom. The van der Waals surface area contributed by atoms with Crippen LogP contribution in [-0.4, -0.2) is 175 Å². The number of allylic oxidation sites excluding steroid dienone is 3. The van der Waals surface area contributed by atoms with Crippen LogP contribution in [0.2, 0.25) is 0 Å². The molecule has 490 valence electrons. The Morgan fingerprint density at radius 3 is 2.08 bits per heavy atom. The molecule has 91 heavy (non-hydrogen) atoms. The van der Waals surface area contributed by atoms with Crippen molar-refractivity contribution in [3.63, 3.8) is 0 Å². The fraction of sp³-hybridized carbons (Fsp3) is 0.514. The lowest BCUT2D eigenvalue weighted by Crippen LogP contribution is -2.61. The lowest BCUT2D eigenvalue weighted by Gasteiger charge is -2.40. The van der Waals surface area contributed by atoms with Gasteiger partial charge in [-0.15, -0.1) is 0 Å². The highest BCUT2D eigenvalue weighted by Gasteiger charge is 2.47. The van der Waals surface area contributed by atoms with Crippen LogP contribution in [-0.2, 0) is 70.3 Å². The fourth-order valence-corrected chi connectivity index (χ4v) is 12.2. The quantitative estimate of drug-likeness (QED) is 0.147. The van der Waals surface area contributed by atoms with Crippen molar-refractivity contribution in [2.45, 2.75) is 154 Å². The van der Waals surface area contributed by atoms with Crippen molar-refractivity contribution in [3.8, 4) is 11.5 Å². The van der Waals surface area contributed by atoms with Gasteiger partial charge in [-0.05, 0) is 125 Å². The predicted molar refractivity (Wildman–Crippen MR) is 342 cm³/mol. The van der Waals surface area contributed by atoms with Gasteiger partial charge < -0.3 is 54.1 Å². The third-order valence-electron chi connectivity index (χ3n) is 17.7. The Hall–Kier alpha value is -8.62. The van der Waals surface area contributed by atoms with E-state index in [9.17, 15) is 38.4 Å². The van der Waals surface area contributed by atoms with Crippen LogP contribution in [0.25, 0.3) is 0 Å². The minimum atomic E-state index is -1.51. The first kappa shape index (κ1) is 69.8. The molecule has 7 amide bonds. The molecular weight excluding hydrogens is 1160 g/mol. The van der Waals surface area contributed by atoms with Gasteiger partial charge in [0.2, 0.25) is 41.2 Å². The third-order valence-corrected chi connectivity index (χ3v) is 17.7. The van der Waals surface area contributed by atoms with Gasteiger partial charge >= 0.3 is 11.9 Å². The van der Waals surface area contributed by atoms with Gasteiger partial charge in [-0.3, -0.25) is 38.4 Å². The minimum absolute atomic E-state index is 0.0249. The number of carbonyl (C=O) groups is 10. The Balaban J connectivity index is 1.21. The number of likely N-dealkylation sites (N-methyl/N-ethyl adjacent to an activating group) is 3. The average molecular weight is 1250 g/mol. The fourth-order valence-electron chi connectivity index (χ4n) is 12.2. The molecule has 1 aliphatic carbocycles. The van der Waals surface area contributed by atoms with Crippen molar-refractivity contribution >= 4 is 64.8 Å². The van der Waals surface area contributed by atoms with E-state index in [1.807, 2.05) is 81.5 Å². The topological polar surface area (TPSA) is 248 Å². The molecule has 3 heterocycles. The first-order chi connectivity index (χ1) is 43.4. The second-order valence-corrected chi connectivity index (χ2v) is 25.5. The molecule has 0 aromatic heterocycles. The highest BCUT2D eigenvalue weighted by atomic mass is 16.5. The molecular formula is C70H91N7O14. The van der Waals surface area contributed by atoms with Gasteiger partial charge in [0.25, 0.3) is 5.91 Å². The molecule has 21 heteroatoms. The highest BCUT2D eigenvalue weighted by molar-refractivity contribution is 6.38. The number of carbonyl (C=O) groups excluding carboxylic acids is 10. The maximum atomic E-state index is 15.3. The van der Waals surface area contributed by atoms with E-state index in [0.717, 1.165) is 11.1 Å². The van der Waals surface area contributed by atoms with Gasteiger partial charge in [0.15, 0.2) is 11.5 Å². The number of hydrogen-bond acceptors (Lipinski definition) is 14. The van der Waals surface area contributed by atoms with E-state index in [1.165, 1.54) is 71.8 Å². The molecule has 2 N–H and O–H groups in total. The van der Waals surface area contributed by atoms with Crippen LogP contribution in [0.1, 0.15) is 128 Å². The van der Waals surface area contributed by atoms with Crippen LogP contribution in [0.3, 0.4) is 0 Å². The molecule has 2 saturated heterocycles. The number of piperidine rings is 1. The maximum Gasteiger partial charge on any atom is 0.330 e. The third kappa shape index (κ3) is 18.1. The van der Waals surface area contributed by atoms with Crippen molar-refractivity contribution in [2.24, 2.45) is 16.7 Å². The van der Waals surface area contributed by atoms with E-state index in [0.29, 0.717) is 67.7 Å². The minimum Gasteiger partial charge on any atom is -0.493 e. The second kappa shape index (κ2) is 31.9. The van der Waals surface area contributed by atoms with Crippen LogP contribution < -0.4 is 20.1 Å². The van der Waals surface area contributed by atoms with Gasteiger partial charge in [0.1, 0.15) is 42.9 Å². The normalized spacial score (nSPS) is 25.5. The van der Waals surface area contributed by atoms with Crippen LogP contribution in [0.4, 0.5) is 5.69 Å². The summed E-state index contributed by atoms with van der Waals surface area (Å²) in [7, 11) is 7.75. The van der Waals surface area contributed by atoms with Gasteiger partial charge in [-0.1, -0.05) is 99.7 Å². The summed E-state index contributed by atoms with van der Waals surface area (Å²) in [6, 6.07) is 16.0. The highest BCUT2D eigenvalue weighted by Crippen LogP contribution is 2.36. The Morgan fingerprint density at radius 1 is 0.670 bits per heavy atom. The molecule has 7 rings (SSSR count). The summed E-state index contributed by atoms with van der Waals surface area (Å²) < 4.78 is 22.9. The van der Waals surface area contributed by atoms with Crippen LogP contribution in [0.15, 0.2) is 109 Å². The molecule has 2 unspecified atom stereocenters. The van der Waals surface area contributed by atoms with Crippen LogP contribution >= 0.6 is 0 Å². The number of ketones is 1. The van der Waals surface area contributed by atoms with Gasteiger partial charge in [-0.2, -0.15) is 0 Å². The van der Waals surface area contributed by atoms with Crippen molar-refractivity contribution in [1.29, 1.82) is 0 Å². The molecule has 0 radical (unpaired) electrons. The SMILES string of the molecule is COc1ccc(CC[C@H]2OC(=O)C3CCCCN3C(=O)C(=O)C(C)(C)COC(=O)/C=C/CCN(C)C(=O)[C@H](CC(C)C)N(C)C(=O)[C@H]3CCCN3C(=O)[C@H](Cc3ccccc3)N(C)C(=O)[C@H](C3(C)C=CC=CC3)NC(=O)CCC(=O)Nc3cccc2c3)cc1OC. The summed E-state index contributed by atoms with van der Waals surface area (Å²) in [6.45, 7) is 8.69. The molecule has 0 saturated carbocycles. The van der Waals surface area contributed by atoms with Crippen molar-refractivity contribution < 1.29 is 66.9 Å². The monoisotopic (exact) mass is 1250 g/mol. The van der Waals surface area contributed by atoms with Gasteiger partial charge in [0.05, 0.1) is 19.6 Å². The Bertz CT molecular complexity index is 3230. The standard InChI is InChI=1S/C70H91N7O14/c1-46(2)41-53-63(82)73(6)38-19-16-29-60(80)90-45-69(3,4)62(81)67(86)77-39-20-15-27-52(77)68(87)91-55(32-30-48-31-33-56(88-9)57(43-48)89-10)49-25-21-26-50(44-49)71-58(78)34-35-59(79)72-61(70(5)36-17-12-18-37-70)66(85)75(8)54(42-47-23-13-11-14-24-47)65(84)76-40-22-28-51(76)64(83)74(53)7/h11-14,16-18,21,23-26,29,31,33,36,43-44,46,51-55,61H,15,19-20,22,27-28,30,32,34-35,37-42,45H2,1-10H3,(H,71,78)(H,72,79)/b29-16+/t51-,52?,53+,54+,55-,61-,70?/m1/s1. The number of Topliss-reactive ketones (excluding diaryl/α,β-unsaturated/α-hetero) is 1. The number of amides is 7. The first-order valence-electron chi connectivity index (χ1n) is 31.6. The molecule has 7 atom stereocenters. The summed E-state index contributed by atoms with van der Waals surface area (Å²) in [4.78, 5) is 151. The van der Waals surface area contributed by atoms with Crippen LogP contribution in [0.5, 0.6) is 11.5 Å². The van der Waals surface area contributed by atoms with E-state index in [4.69, 9.17) is 18.9 Å². The number of nitrogens with zero attached hydrogens (tertiary/aromatic N) is 5. The number of nitrogens with one attached hydrogen (secondary N) is 2. The zero-order valence-electron chi connectivity index (χ0n) is 54.4. The molecule has 0 spiro atoms.